The number of hydrazone groups is 1. The van der Waals surface area contributed by atoms with Gasteiger partial charge in [0.05, 0.1) is 5.71 Å². The highest BCUT2D eigenvalue weighted by Gasteiger charge is 2.09. The maximum Gasteiger partial charge on any atom is 0.307 e. The van der Waals surface area contributed by atoms with Crippen LogP contribution in [0.4, 0.5) is 0 Å². The van der Waals surface area contributed by atoms with Gasteiger partial charge in [0.15, 0.2) is 10.4 Å². The van der Waals surface area contributed by atoms with Gasteiger partial charge >= 0.3 is 5.91 Å². The molecule has 4 nitrogen and oxygen atoms in total. The lowest BCUT2D eigenvalue weighted by Gasteiger charge is -2.04. The Morgan fingerprint density at radius 2 is 1.86 bits per heavy atom. The van der Waals surface area contributed by atoms with Gasteiger partial charge in [-0.15, -0.1) is 0 Å². The van der Waals surface area contributed by atoms with E-state index < -0.39 is 0 Å². The fraction of sp³-hybridized carbons (Fsp3) is 0.0588. The molecule has 1 amide bonds. The number of halogens is 1. The average molecular weight is 357 g/mol. The Hall–Kier alpha value is -2.40. The van der Waals surface area contributed by atoms with Gasteiger partial charge in [0.25, 0.3) is 0 Å². The lowest BCUT2D eigenvalue weighted by Crippen LogP contribution is -2.18. The van der Waals surface area contributed by atoms with Gasteiger partial charge in [-0.3, -0.25) is 4.79 Å². The van der Waals surface area contributed by atoms with Crippen LogP contribution in [-0.2, 0) is 0 Å². The van der Waals surface area contributed by atoms with Crippen molar-refractivity contribution >= 4 is 38.3 Å². The zero-order valence-corrected chi connectivity index (χ0v) is 13.4. The van der Waals surface area contributed by atoms with E-state index in [0.29, 0.717) is 4.67 Å². The summed E-state index contributed by atoms with van der Waals surface area (Å²) in [6, 6.07) is 17.4. The molecule has 3 rings (SSSR count). The van der Waals surface area contributed by atoms with E-state index in [1.54, 1.807) is 12.1 Å². The molecular weight excluding hydrogens is 344 g/mol. The molecule has 0 saturated heterocycles. The normalized spacial score (nSPS) is 11.6. The fourth-order valence-electron chi connectivity index (χ4n) is 2.10. The van der Waals surface area contributed by atoms with Crippen molar-refractivity contribution in [1.29, 1.82) is 0 Å². The maximum atomic E-state index is 11.9. The third-order valence-electron chi connectivity index (χ3n) is 3.29. The van der Waals surface area contributed by atoms with E-state index in [2.05, 4.69) is 32.5 Å². The molecule has 0 spiro atoms. The van der Waals surface area contributed by atoms with Gasteiger partial charge in [0.1, 0.15) is 0 Å². The van der Waals surface area contributed by atoms with Crippen LogP contribution in [0.3, 0.4) is 0 Å². The number of carbonyl (C=O) groups is 1. The lowest BCUT2D eigenvalue weighted by molar-refractivity contribution is 0.0926. The predicted octanol–water partition coefficient (Wildman–Crippen LogP) is 4.35. The molecule has 110 valence electrons. The number of nitrogens with one attached hydrogen (secondary N) is 1. The third kappa shape index (κ3) is 3.09. The van der Waals surface area contributed by atoms with Crippen molar-refractivity contribution < 1.29 is 9.21 Å². The summed E-state index contributed by atoms with van der Waals surface area (Å²) >= 11 is 3.16. The van der Waals surface area contributed by atoms with Crippen molar-refractivity contribution in [2.24, 2.45) is 5.10 Å². The number of hydrogen-bond donors (Lipinski definition) is 1. The molecule has 0 aliphatic rings. The maximum absolute atomic E-state index is 11.9. The standard InChI is InChI=1S/C17H13BrN2O2/c1-11(19-20-17(21)15-8-9-16(18)22-15)13-7-6-12-4-2-3-5-14(12)10-13/h2-10H,1H3,(H,20,21)/b19-11+. The van der Waals surface area contributed by atoms with Crippen molar-refractivity contribution in [2.45, 2.75) is 6.92 Å². The third-order valence-corrected chi connectivity index (χ3v) is 3.72. The summed E-state index contributed by atoms with van der Waals surface area (Å²) in [4.78, 5) is 11.9. The molecule has 2 aromatic carbocycles. The van der Waals surface area contributed by atoms with Gasteiger partial charge < -0.3 is 4.42 Å². The molecule has 1 heterocycles. The minimum Gasteiger partial charge on any atom is -0.444 e. The summed E-state index contributed by atoms with van der Waals surface area (Å²) in [6.07, 6.45) is 0. The molecular formula is C17H13BrN2O2. The summed E-state index contributed by atoms with van der Waals surface area (Å²) in [5, 5.41) is 6.43. The zero-order chi connectivity index (χ0) is 15.5. The Bertz CT molecular complexity index is 868. The second-order valence-corrected chi connectivity index (χ2v) is 5.59. The Morgan fingerprint density at radius 1 is 1.09 bits per heavy atom. The molecule has 0 unspecified atom stereocenters. The molecule has 3 aromatic rings. The van der Waals surface area contributed by atoms with Crippen molar-refractivity contribution in [1.82, 2.24) is 5.43 Å². The number of furan rings is 1. The first-order valence-electron chi connectivity index (χ1n) is 6.72. The van der Waals surface area contributed by atoms with Crippen molar-refractivity contribution in [3.05, 3.63) is 70.6 Å². The van der Waals surface area contributed by atoms with Gasteiger partial charge in [0, 0.05) is 0 Å². The van der Waals surface area contributed by atoms with Gasteiger partial charge in [-0.2, -0.15) is 5.10 Å². The Labute approximate surface area is 136 Å². The highest BCUT2D eigenvalue weighted by molar-refractivity contribution is 9.10. The highest BCUT2D eigenvalue weighted by atomic mass is 79.9. The monoisotopic (exact) mass is 356 g/mol. The first kappa shape index (κ1) is 14.5. The number of fused-ring (bicyclic) bond motifs is 1. The zero-order valence-electron chi connectivity index (χ0n) is 11.8. The fourth-order valence-corrected chi connectivity index (χ4v) is 2.41. The SMILES string of the molecule is C/C(=N\NC(=O)c1ccc(Br)o1)c1ccc2ccccc2c1. The van der Waals surface area contributed by atoms with E-state index in [1.807, 2.05) is 43.3 Å². The average Bonchev–Trinajstić information content (AvgIpc) is 2.98. The summed E-state index contributed by atoms with van der Waals surface area (Å²) < 4.78 is 5.68. The van der Waals surface area contributed by atoms with E-state index >= 15 is 0 Å². The Balaban J connectivity index is 1.79. The highest BCUT2D eigenvalue weighted by Crippen LogP contribution is 2.16. The van der Waals surface area contributed by atoms with Crippen LogP contribution in [0.25, 0.3) is 10.8 Å². The molecule has 0 fully saturated rings. The number of benzene rings is 2. The summed E-state index contributed by atoms with van der Waals surface area (Å²) in [5.41, 5.74) is 4.18. The predicted molar refractivity (Wildman–Crippen MR) is 90.0 cm³/mol. The summed E-state index contributed by atoms with van der Waals surface area (Å²) in [6.45, 7) is 1.85. The molecule has 0 saturated carbocycles. The van der Waals surface area contributed by atoms with Crippen LogP contribution >= 0.6 is 15.9 Å². The number of hydrogen-bond acceptors (Lipinski definition) is 3. The van der Waals surface area contributed by atoms with Crippen molar-refractivity contribution in [3.8, 4) is 0 Å². The quantitative estimate of drug-likeness (QED) is 0.560. The number of rotatable bonds is 3. The second-order valence-electron chi connectivity index (χ2n) is 4.80. The van der Waals surface area contributed by atoms with Crippen LogP contribution in [0.15, 0.2) is 68.8 Å². The molecule has 0 atom stereocenters. The molecule has 1 aromatic heterocycles. The minimum atomic E-state index is -0.383. The van der Waals surface area contributed by atoms with E-state index in [1.165, 1.54) is 5.39 Å². The van der Waals surface area contributed by atoms with Crippen LogP contribution in [0.1, 0.15) is 23.0 Å². The smallest absolute Gasteiger partial charge is 0.307 e. The van der Waals surface area contributed by atoms with Gasteiger partial charge in [-0.25, -0.2) is 5.43 Å². The van der Waals surface area contributed by atoms with E-state index in [9.17, 15) is 4.79 Å². The first-order valence-corrected chi connectivity index (χ1v) is 7.52. The minimum absolute atomic E-state index is 0.210. The van der Waals surface area contributed by atoms with Crippen molar-refractivity contribution in [3.63, 3.8) is 0 Å². The number of carbonyl (C=O) groups excluding carboxylic acids is 1. The van der Waals surface area contributed by atoms with Crippen LogP contribution in [0, 0.1) is 0 Å². The largest absolute Gasteiger partial charge is 0.444 e. The van der Waals surface area contributed by atoms with Gasteiger partial charge in [-0.1, -0.05) is 36.4 Å². The summed E-state index contributed by atoms with van der Waals surface area (Å²) in [5.74, 6) is -0.173. The van der Waals surface area contributed by atoms with Gasteiger partial charge in [-0.05, 0) is 57.4 Å². The number of nitrogens with zero attached hydrogens (tertiary/aromatic N) is 1. The van der Waals surface area contributed by atoms with Crippen LogP contribution in [-0.4, -0.2) is 11.6 Å². The van der Waals surface area contributed by atoms with Crippen LogP contribution in [0.5, 0.6) is 0 Å². The Kier molecular flexibility index (Phi) is 4.06. The molecule has 1 N–H and O–H groups in total. The lowest BCUT2D eigenvalue weighted by atomic mass is 10.0. The van der Waals surface area contributed by atoms with Crippen molar-refractivity contribution in [2.75, 3.05) is 0 Å². The molecule has 5 heteroatoms. The second kappa shape index (κ2) is 6.15. The van der Waals surface area contributed by atoms with Gasteiger partial charge in [0.2, 0.25) is 0 Å². The molecule has 0 radical (unpaired) electrons. The molecule has 0 aliphatic heterocycles. The first-order chi connectivity index (χ1) is 10.6. The van der Waals surface area contributed by atoms with Crippen LogP contribution in [0.2, 0.25) is 0 Å². The molecule has 0 bridgehead atoms. The Morgan fingerprint density at radius 3 is 2.59 bits per heavy atom. The molecule has 0 aliphatic carbocycles. The van der Waals surface area contributed by atoms with E-state index in [4.69, 9.17) is 4.42 Å². The molecule has 22 heavy (non-hydrogen) atoms. The topological polar surface area (TPSA) is 54.6 Å². The number of amides is 1. The van der Waals surface area contributed by atoms with Crippen LogP contribution < -0.4 is 5.43 Å². The van der Waals surface area contributed by atoms with E-state index in [-0.39, 0.29) is 11.7 Å². The summed E-state index contributed by atoms with van der Waals surface area (Å²) in [7, 11) is 0. The van der Waals surface area contributed by atoms with E-state index in [0.717, 1.165) is 16.7 Å².